The largest absolute Gasteiger partial charge is 0.486 e. The summed E-state index contributed by atoms with van der Waals surface area (Å²) in [6, 6.07) is 8.92. The number of carbonyl (C=O) groups is 2. The van der Waals surface area contributed by atoms with E-state index in [1.807, 2.05) is 0 Å². The summed E-state index contributed by atoms with van der Waals surface area (Å²) in [5.41, 5.74) is 3.34. The molecule has 0 aliphatic heterocycles. The molecule has 0 radical (unpaired) electrons. The summed E-state index contributed by atoms with van der Waals surface area (Å²) in [6.45, 7) is 2.19. The molecule has 0 unspecified atom stereocenters. The van der Waals surface area contributed by atoms with Crippen LogP contribution in [-0.2, 0) is 16.2 Å². The van der Waals surface area contributed by atoms with Gasteiger partial charge in [-0.1, -0.05) is 35.3 Å². The van der Waals surface area contributed by atoms with Crippen molar-refractivity contribution in [3.8, 4) is 5.75 Å². The number of carbonyl (C=O) groups excluding carboxylic acids is 2. The number of ether oxygens (including phenoxy) is 1. The average molecular weight is 412 g/mol. The van der Waals surface area contributed by atoms with Crippen LogP contribution in [0.1, 0.15) is 18.1 Å². The van der Waals surface area contributed by atoms with Crippen molar-refractivity contribution in [3.63, 3.8) is 0 Å². The van der Waals surface area contributed by atoms with E-state index in [2.05, 4.69) is 15.8 Å². The third-order valence-electron chi connectivity index (χ3n) is 3.24. The Balaban J connectivity index is 2.01. The van der Waals surface area contributed by atoms with Crippen LogP contribution in [0, 0.1) is 5.82 Å². The molecule has 0 atom stereocenters. The van der Waals surface area contributed by atoms with Gasteiger partial charge in [0.15, 0.2) is 5.75 Å². The predicted molar refractivity (Wildman–Crippen MR) is 102 cm³/mol. The topological polar surface area (TPSA) is 79.8 Å². The van der Waals surface area contributed by atoms with Gasteiger partial charge in [0.1, 0.15) is 12.4 Å². The number of halogens is 3. The first-order valence-corrected chi connectivity index (χ1v) is 8.63. The predicted octanol–water partition coefficient (Wildman–Crippen LogP) is 3.30. The molecular weight excluding hydrogens is 396 g/mol. The second-order valence-electron chi connectivity index (χ2n) is 5.29. The third-order valence-corrected chi connectivity index (χ3v) is 3.80. The van der Waals surface area contributed by atoms with Gasteiger partial charge in [-0.15, -0.1) is 0 Å². The smallest absolute Gasteiger partial charge is 0.329 e. The van der Waals surface area contributed by atoms with Crippen LogP contribution in [0.25, 0.3) is 0 Å². The zero-order chi connectivity index (χ0) is 19.8. The number of hydrazone groups is 1. The van der Waals surface area contributed by atoms with Crippen LogP contribution in [0.15, 0.2) is 41.5 Å². The van der Waals surface area contributed by atoms with Gasteiger partial charge >= 0.3 is 11.8 Å². The minimum atomic E-state index is -0.885. The number of hydrogen-bond donors (Lipinski definition) is 2. The highest BCUT2D eigenvalue weighted by Crippen LogP contribution is 2.34. The van der Waals surface area contributed by atoms with E-state index in [-0.39, 0.29) is 28.2 Å². The summed E-state index contributed by atoms with van der Waals surface area (Å²) in [5.74, 6) is -1.73. The summed E-state index contributed by atoms with van der Waals surface area (Å²) in [6.07, 6.45) is 1.29. The number of hydrogen-bond acceptors (Lipinski definition) is 4. The maximum atomic E-state index is 12.9. The van der Waals surface area contributed by atoms with Crippen LogP contribution in [0.3, 0.4) is 0 Å². The van der Waals surface area contributed by atoms with E-state index in [1.54, 1.807) is 19.1 Å². The van der Waals surface area contributed by atoms with Gasteiger partial charge in [0.2, 0.25) is 0 Å². The molecule has 0 spiro atoms. The van der Waals surface area contributed by atoms with Crippen molar-refractivity contribution in [2.45, 2.75) is 13.5 Å². The molecule has 0 aliphatic carbocycles. The van der Waals surface area contributed by atoms with Crippen LogP contribution >= 0.6 is 23.2 Å². The number of likely N-dealkylation sites (N-methyl/N-ethyl adjacent to an activating group) is 1. The standard InChI is InChI=1S/C18H16Cl2FN3O3/c1-2-22-17(25)18(26)24-23-9-12-7-14(19)16(15(20)8-12)27-10-11-3-5-13(21)6-4-11/h3-9H,2,10H2,1H3,(H,22,25)(H,24,26)/b23-9-. The molecule has 2 amide bonds. The first kappa shape index (κ1) is 20.7. The highest BCUT2D eigenvalue weighted by atomic mass is 35.5. The molecule has 0 heterocycles. The molecule has 2 aromatic rings. The molecule has 142 valence electrons. The van der Waals surface area contributed by atoms with Crippen LogP contribution in [0.2, 0.25) is 10.0 Å². The second kappa shape index (κ2) is 9.89. The van der Waals surface area contributed by atoms with Gasteiger partial charge in [0, 0.05) is 6.54 Å². The Morgan fingerprint density at radius 2 is 1.78 bits per heavy atom. The second-order valence-corrected chi connectivity index (χ2v) is 6.10. The molecule has 0 bridgehead atoms. The summed E-state index contributed by atoms with van der Waals surface area (Å²) in [5, 5.41) is 6.50. The number of rotatable bonds is 6. The zero-order valence-electron chi connectivity index (χ0n) is 14.3. The Bertz CT molecular complexity index is 834. The van der Waals surface area contributed by atoms with E-state index < -0.39 is 11.8 Å². The first-order valence-electron chi connectivity index (χ1n) is 7.88. The minimum absolute atomic E-state index is 0.162. The fraction of sp³-hybridized carbons (Fsp3) is 0.167. The zero-order valence-corrected chi connectivity index (χ0v) is 15.8. The summed E-state index contributed by atoms with van der Waals surface area (Å²) < 4.78 is 18.5. The lowest BCUT2D eigenvalue weighted by Crippen LogP contribution is -2.37. The van der Waals surface area contributed by atoms with Crippen molar-refractivity contribution in [2.75, 3.05) is 6.54 Å². The molecule has 9 heteroatoms. The lowest BCUT2D eigenvalue weighted by atomic mass is 10.2. The number of nitrogens with zero attached hydrogens (tertiary/aromatic N) is 1. The van der Waals surface area contributed by atoms with Gasteiger partial charge in [-0.25, -0.2) is 9.82 Å². The Kier molecular flexibility index (Phi) is 7.57. The fourth-order valence-electron chi connectivity index (χ4n) is 1.99. The number of benzene rings is 2. The van der Waals surface area contributed by atoms with E-state index in [0.717, 1.165) is 5.56 Å². The van der Waals surface area contributed by atoms with E-state index in [1.165, 1.54) is 30.5 Å². The van der Waals surface area contributed by atoms with Crippen molar-refractivity contribution in [1.82, 2.24) is 10.7 Å². The minimum Gasteiger partial charge on any atom is -0.486 e. The van der Waals surface area contributed by atoms with Gasteiger partial charge in [-0.05, 0) is 42.3 Å². The molecule has 2 N–H and O–H groups in total. The van der Waals surface area contributed by atoms with Gasteiger partial charge in [-0.2, -0.15) is 5.10 Å². The van der Waals surface area contributed by atoms with Crippen molar-refractivity contribution < 1.29 is 18.7 Å². The van der Waals surface area contributed by atoms with E-state index in [4.69, 9.17) is 27.9 Å². The van der Waals surface area contributed by atoms with Gasteiger partial charge in [-0.3, -0.25) is 9.59 Å². The maximum absolute atomic E-state index is 12.9. The molecule has 6 nitrogen and oxygen atoms in total. The van der Waals surface area contributed by atoms with Crippen LogP contribution in [-0.4, -0.2) is 24.6 Å². The summed E-state index contributed by atoms with van der Waals surface area (Å²) in [7, 11) is 0. The Labute approximate surface area is 165 Å². The number of amides is 2. The van der Waals surface area contributed by atoms with Crippen molar-refractivity contribution in [2.24, 2.45) is 5.10 Å². The molecule has 2 aromatic carbocycles. The highest BCUT2D eigenvalue weighted by molar-refractivity contribution is 6.37. The van der Waals surface area contributed by atoms with Crippen LogP contribution in [0.5, 0.6) is 5.75 Å². The first-order chi connectivity index (χ1) is 12.9. The van der Waals surface area contributed by atoms with Gasteiger partial charge < -0.3 is 10.1 Å². The van der Waals surface area contributed by atoms with Crippen molar-refractivity contribution in [3.05, 3.63) is 63.4 Å². The molecule has 2 rings (SSSR count). The molecule has 0 saturated heterocycles. The fourth-order valence-corrected chi connectivity index (χ4v) is 2.60. The van der Waals surface area contributed by atoms with E-state index in [9.17, 15) is 14.0 Å². The molecular formula is C18H16Cl2FN3O3. The monoisotopic (exact) mass is 411 g/mol. The Morgan fingerprint density at radius 1 is 1.15 bits per heavy atom. The molecule has 27 heavy (non-hydrogen) atoms. The van der Waals surface area contributed by atoms with Crippen LogP contribution in [0.4, 0.5) is 4.39 Å². The number of nitrogens with one attached hydrogen (secondary N) is 2. The highest BCUT2D eigenvalue weighted by Gasteiger charge is 2.12. The maximum Gasteiger partial charge on any atom is 0.329 e. The Morgan fingerprint density at radius 3 is 2.37 bits per heavy atom. The molecule has 0 aromatic heterocycles. The molecule has 0 saturated carbocycles. The van der Waals surface area contributed by atoms with Crippen LogP contribution < -0.4 is 15.5 Å². The van der Waals surface area contributed by atoms with Crippen molar-refractivity contribution in [1.29, 1.82) is 0 Å². The summed E-state index contributed by atoms with van der Waals surface area (Å²) in [4.78, 5) is 22.7. The lowest BCUT2D eigenvalue weighted by molar-refractivity contribution is -0.139. The average Bonchev–Trinajstić information content (AvgIpc) is 2.62. The summed E-state index contributed by atoms with van der Waals surface area (Å²) >= 11 is 12.4. The normalized spacial score (nSPS) is 10.7. The third kappa shape index (κ3) is 6.23. The van der Waals surface area contributed by atoms with Gasteiger partial charge in [0.05, 0.1) is 16.3 Å². The van der Waals surface area contributed by atoms with E-state index in [0.29, 0.717) is 12.1 Å². The van der Waals surface area contributed by atoms with E-state index >= 15 is 0 Å². The lowest BCUT2D eigenvalue weighted by Gasteiger charge is -2.11. The molecule has 0 fully saturated rings. The quantitative estimate of drug-likeness (QED) is 0.434. The van der Waals surface area contributed by atoms with Gasteiger partial charge in [0.25, 0.3) is 0 Å². The molecule has 0 aliphatic rings. The SMILES string of the molecule is CCNC(=O)C(=O)N/N=C\c1cc(Cl)c(OCc2ccc(F)cc2)c(Cl)c1. The van der Waals surface area contributed by atoms with Crippen molar-refractivity contribution >= 4 is 41.2 Å². The Hall–Kier alpha value is -2.64.